The van der Waals surface area contributed by atoms with Crippen LogP contribution in [0.3, 0.4) is 0 Å². The smallest absolute Gasteiger partial charge is 0.325 e. The fraction of sp³-hybridized carbons (Fsp3) is 0.615. The zero-order valence-corrected chi connectivity index (χ0v) is 11.8. The molecule has 0 saturated heterocycles. The molecule has 0 fully saturated rings. The largest absolute Gasteiger partial charge is 0.423 e. The van der Waals surface area contributed by atoms with Crippen LogP contribution in [0.2, 0.25) is 6.82 Å². The van der Waals surface area contributed by atoms with Crippen molar-refractivity contribution in [2.75, 3.05) is 0 Å². The predicted molar refractivity (Wildman–Crippen MR) is 72.9 cm³/mol. The van der Waals surface area contributed by atoms with Gasteiger partial charge in [0.05, 0.1) is 23.5 Å². The molecule has 1 heterocycles. The van der Waals surface area contributed by atoms with Gasteiger partial charge in [-0.3, -0.25) is 4.98 Å². The van der Waals surface area contributed by atoms with Crippen LogP contribution in [0.5, 0.6) is 0 Å². The lowest BCUT2D eigenvalue weighted by molar-refractivity contribution is -0.0918. The monoisotopic (exact) mass is 251 g/mol. The van der Waals surface area contributed by atoms with Crippen LogP contribution in [-0.4, -0.2) is 33.3 Å². The van der Waals surface area contributed by atoms with Crippen molar-refractivity contribution in [3.05, 3.63) is 24.0 Å². The lowest BCUT2D eigenvalue weighted by Gasteiger charge is -2.39. The molecule has 18 heavy (non-hydrogen) atoms. The zero-order valence-electron chi connectivity index (χ0n) is 11.8. The lowest BCUT2D eigenvalue weighted by Crippen LogP contribution is -2.52. The van der Waals surface area contributed by atoms with Gasteiger partial charge in [0.25, 0.3) is 0 Å². The Bertz CT molecular complexity index is 384. The Morgan fingerprint density at radius 2 is 1.89 bits per heavy atom. The van der Waals surface area contributed by atoms with Gasteiger partial charge in [0.2, 0.25) is 0 Å². The molecule has 0 saturated carbocycles. The first-order valence-corrected chi connectivity index (χ1v) is 6.13. The van der Waals surface area contributed by atoms with Crippen molar-refractivity contribution in [1.82, 2.24) is 4.98 Å². The number of aliphatic hydroxyl groups excluding tert-OH is 1. The molecule has 100 valence electrons. The number of hydrogen-bond donors (Lipinski definition) is 2. The lowest BCUT2D eigenvalue weighted by atomic mass is 9.63. The van der Waals surface area contributed by atoms with Gasteiger partial charge in [-0.25, -0.2) is 0 Å². The molecule has 0 aliphatic heterocycles. The second-order valence-electron chi connectivity index (χ2n) is 5.57. The maximum absolute atomic E-state index is 10.0. The molecule has 0 aliphatic carbocycles. The number of aromatic nitrogens is 1. The van der Waals surface area contributed by atoms with Crippen LogP contribution in [0.1, 0.15) is 33.4 Å². The van der Waals surface area contributed by atoms with E-state index in [1.165, 1.54) is 0 Å². The highest BCUT2D eigenvalue weighted by molar-refractivity contribution is 6.66. The molecule has 0 spiro atoms. The molecular weight excluding hydrogens is 229 g/mol. The van der Waals surface area contributed by atoms with Crippen LogP contribution < -0.4 is 5.46 Å². The van der Waals surface area contributed by atoms with E-state index in [9.17, 15) is 5.11 Å². The van der Waals surface area contributed by atoms with Gasteiger partial charge in [0, 0.05) is 6.20 Å². The highest BCUT2D eigenvalue weighted by Crippen LogP contribution is 2.25. The normalized spacial score (nSPS) is 12.6. The number of hydrogen-bond acceptors (Lipinski definition) is 4. The highest BCUT2D eigenvalue weighted by atomic mass is 16.5. The third-order valence-corrected chi connectivity index (χ3v) is 3.42. The molecule has 0 bridgehead atoms. The van der Waals surface area contributed by atoms with Crippen LogP contribution in [0.15, 0.2) is 18.3 Å². The van der Waals surface area contributed by atoms with Crippen LogP contribution in [0.4, 0.5) is 0 Å². The Labute approximate surface area is 109 Å². The summed E-state index contributed by atoms with van der Waals surface area (Å²) in [5.41, 5.74) is -0.0425. The van der Waals surface area contributed by atoms with Gasteiger partial charge in [0.1, 0.15) is 0 Å². The summed E-state index contributed by atoms with van der Waals surface area (Å²) in [7, 11) is 0. The quantitative estimate of drug-likeness (QED) is 0.765. The number of rotatable bonds is 5. The first-order valence-electron chi connectivity index (χ1n) is 6.13. The van der Waals surface area contributed by atoms with E-state index in [1.54, 1.807) is 26.1 Å². The minimum absolute atomic E-state index is 0.0648. The van der Waals surface area contributed by atoms with E-state index in [1.807, 2.05) is 26.7 Å². The summed E-state index contributed by atoms with van der Waals surface area (Å²) in [6.45, 7) is 8.86. The molecule has 1 aromatic rings. The van der Waals surface area contributed by atoms with E-state index in [0.29, 0.717) is 5.69 Å². The summed E-state index contributed by atoms with van der Waals surface area (Å²) >= 11 is 0. The number of aliphatic hydroxyl groups is 2. The zero-order chi connectivity index (χ0) is 14.0. The predicted octanol–water partition coefficient (Wildman–Crippen LogP) is 0.968. The Balaban J connectivity index is 2.78. The summed E-state index contributed by atoms with van der Waals surface area (Å²) in [6.07, 6.45) is 1.69. The molecule has 1 aromatic heterocycles. The van der Waals surface area contributed by atoms with E-state index in [4.69, 9.17) is 9.76 Å². The molecule has 0 radical (unpaired) electrons. The number of pyridine rings is 1. The Hall–Kier alpha value is -0.905. The van der Waals surface area contributed by atoms with Crippen molar-refractivity contribution in [3.8, 4) is 0 Å². The summed E-state index contributed by atoms with van der Waals surface area (Å²) in [5.74, 6) is 0. The van der Waals surface area contributed by atoms with Crippen molar-refractivity contribution < 1.29 is 14.9 Å². The molecule has 0 unspecified atom stereocenters. The van der Waals surface area contributed by atoms with Crippen molar-refractivity contribution >= 4 is 12.4 Å². The van der Waals surface area contributed by atoms with Gasteiger partial charge < -0.3 is 14.9 Å². The van der Waals surface area contributed by atoms with Crippen molar-refractivity contribution in [3.63, 3.8) is 0 Å². The van der Waals surface area contributed by atoms with E-state index < -0.39 is 11.2 Å². The van der Waals surface area contributed by atoms with Crippen molar-refractivity contribution in [1.29, 1.82) is 0 Å². The fourth-order valence-corrected chi connectivity index (χ4v) is 1.42. The summed E-state index contributed by atoms with van der Waals surface area (Å²) in [4.78, 5) is 4.12. The first kappa shape index (κ1) is 15.2. The summed E-state index contributed by atoms with van der Waals surface area (Å²) in [5, 5.41) is 19.0. The topological polar surface area (TPSA) is 62.6 Å². The van der Waals surface area contributed by atoms with E-state index in [2.05, 4.69) is 4.98 Å². The molecule has 1 rings (SSSR count). The van der Waals surface area contributed by atoms with Crippen LogP contribution >= 0.6 is 0 Å². The average Bonchev–Trinajstić information content (AvgIpc) is 2.27. The van der Waals surface area contributed by atoms with Gasteiger partial charge in [-0.15, -0.1) is 0 Å². The molecule has 2 N–H and O–H groups in total. The second kappa shape index (κ2) is 5.39. The van der Waals surface area contributed by atoms with E-state index >= 15 is 0 Å². The fourth-order valence-electron chi connectivity index (χ4n) is 1.42. The molecule has 5 heteroatoms. The standard InChI is InChI=1S/C13H22BNO3/c1-12(2,17)13(3,4)18-14(5)10-6-7-11(9-16)15-8-10/h6-8,16-17H,9H2,1-5H3. The Morgan fingerprint density at radius 3 is 2.28 bits per heavy atom. The Morgan fingerprint density at radius 1 is 1.28 bits per heavy atom. The molecule has 0 atom stereocenters. The first-order chi connectivity index (χ1) is 8.17. The molecule has 4 nitrogen and oxygen atoms in total. The molecule has 0 amide bonds. The third kappa shape index (κ3) is 3.54. The van der Waals surface area contributed by atoms with Gasteiger partial charge in [-0.05, 0) is 39.2 Å². The molecule has 0 aliphatic rings. The number of nitrogens with zero attached hydrogens (tertiary/aromatic N) is 1. The third-order valence-electron chi connectivity index (χ3n) is 3.42. The van der Waals surface area contributed by atoms with E-state index in [0.717, 1.165) is 5.46 Å². The van der Waals surface area contributed by atoms with Crippen LogP contribution in [-0.2, 0) is 11.3 Å². The van der Waals surface area contributed by atoms with Crippen molar-refractivity contribution in [2.24, 2.45) is 0 Å². The minimum Gasteiger partial charge on any atom is -0.423 e. The van der Waals surface area contributed by atoms with Gasteiger partial charge >= 0.3 is 6.92 Å². The Kier molecular flexibility index (Phi) is 4.53. The average molecular weight is 251 g/mol. The molecular formula is C13H22BNO3. The van der Waals surface area contributed by atoms with Crippen LogP contribution in [0.25, 0.3) is 0 Å². The SMILES string of the molecule is CB(OC(C)(C)C(C)(C)O)c1ccc(CO)nc1. The van der Waals surface area contributed by atoms with E-state index in [-0.39, 0.29) is 13.5 Å². The summed E-state index contributed by atoms with van der Waals surface area (Å²) in [6, 6.07) is 3.65. The summed E-state index contributed by atoms with van der Waals surface area (Å²) < 4.78 is 5.91. The second-order valence-corrected chi connectivity index (χ2v) is 5.57. The van der Waals surface area contributed by atoms with Crippen LogP contribution in [0, 0.1) is 0 Å². The van der Waals surface area contributed by atoms with Gasteiger partial charge in [0.15, 0.2) is 0 Å². The maximum Gasteiger partial charge on any atom is 0.325 e. The highest BCUT2D eigenvalue weighted by Gasteiger charge is 2.38. The maximum atomic E-state index is 10.0. The minimum atomic E-state index is -0.931. The molecule has 0 aromatic carbocycles. The van der Waals surface area contributed by atoms with Crippen molar-refractivity contribution in [2.45, 2.75) is 52.3 Å². The van der Waals surface area contributed by atoms with Gasteiger partial charge in [-0.1, -0.05) is 12.9 Å². The van der Waals surface area contributed by atoms with Gasteiger partial charge in [-0.2, -0.15) is 0 Å².